The molecule has 0 saturated carbocycles. The maximum Gasteiger partial charge on any atom is 0.391 e. The fourth-order valence-corrected chi connectivity index (χ4v) is 2.95. The van der Waals surface area contributed by atoms with E-state index in [2.05, 4.69) is 14.7 Å². The smallest absolute Gasteiger partial charge is 0.391 e. The van der Waals surface area contributed by atoms with Crippen molar-refractivity contribution in [1.82, 2.24) is 10.1 Å². The highest BCUT2D eigenvalue weighted by atomic mass is 31.2. The minimum absolute atomic E-state index is 0.0175. The molecule has 1 aromatic carbocycles. The summed E-state index contributed by atoms with van der Waals surface area (Å²) in [6.07, 6.45) is 0.759. The van der Waals surface area contributed by atoms with Crippen LogP contribution in [0.3, 0.4) is 0 Å². The number of aromatic nitrogens is 2. The molecular formula is C17H22N4O8P+. The standard InChI is InChI=1S/C17H21N4O8P/c1-5-8(2)9(3)14(10(4)19-23)16-18-17(28-20-16)11-6-12(21(24)25)15(22)13(7-11)29-30(26)27/h6-7,19,22-23,26-27H,5H2,1-4H3/p+1/b9-8-,14-10+. The molecule has 30 heavy (non-hydrogen) atoms. The highest BCUT2D eigenvalue weighted by molar-refractivity contribution is 7.39. The molecule has 1 heterocycles. The van der Waals surface area contributed by atoms with E-state index in [0.717, 1.165) is 35.2 Å². The highest BCUT2D eigenvalue weighted by Crippen LogP contribution is 2.44. The predicted octanol–water partition coefficient (Wildman–Crippen LogP) is 2.37. The number of allylic oxidation sites excluding steroid dienone is 4. The summed E-state index contributed by atoms with van der Waals surface area (Å²) >= 11 is 0. The summed E-state index contributed by atoms with van der Waals surface area (Å²) in [5.74, 6) is -1.39. The predicted molar refractivity (Wildman–Crippen MR) is 105 cm³/mol. The van der Waals surface area contributed by atoms with Crippen LogP contribution in [0.1, 0.15) is 39.9 Å². The summed E-state index contributed by atoms with van der Waals surface area (Å²) in [4.78, 5) is 32.7. The van der Waals surface area contributed by atoms with Gasteiger partial charge in [0.2, 0.25) is 11.6 Å². The van der Waals surface area contributed by atoms with Crippen LogP contribution >= 0.6 is 8.60 Å². The minimum Gasteiger partial charge on any atom is -0.500 e. The van der Waals surface area contributed by atoms with Crippen LogP contribution < -0.4 is 10.0 Å². The van der Waals surface area contributed by atoms with E-state index in [4.69, 9.17) is 14.3 Å². The third-order valence-electron chi connectivity index (χ3n) is 4.46. The van der Waals surface area contributed by atoms with Gasteiger partial charge in [-0.05, 0) is 31.9 Å². The first-order chi connectivity index (χ1) is 14.1. The van der Waals surface area contributed by atoms with Crippen molar-refractivity contribution < 1.29 is 39.6 Å². The number of hydrogen-bond donors (Lipinski definition) is 5. The monoisotopic (exact) mass is 441 g/mol. The van der Waals surface area contributed by atoms with Gasteiger partial charge < -0.3 is 23.9 Å². The van der Waals surface area contributed by atoms with Crippen LogP contribution in [0.25, 0.3) is 17.0 Å². The number of hydrogen-bond acceptors (Lipinski definition) is 10. The molecule has 13 heteroatoms. The summed E-state index contributed by atoms with van der Waals surface area (Å²) in [5.41, 5.74) is 3.08. The van der Waals surface area contributed by atoms with E-state index in [-0.39, 0.29) is 17.3 Å². The van der Waals surface area contributed by atoms with E-state index >= 15 is 0 Å². The van der Waals surface area contributed by atoms with Crippen molar-refractivity contribution >= 4 is 19.9 Å². The van der Waals surface area contributed by atoms with E-state index in [1.54, 1.807) is 6.92 Å². The van der Waals surface area contributed by atoms with Gasteiger partial charge in [0, 0.05) is 13.0 Å². The van der Waals surface area contributed by atoms with Crippen molar-refractivity contribution in [3.05, 3.63) is 44.9 Å². The lowest BCUT2D eigenvalue weighted by molar-refractivity contribution is -0.850. The minimum atomic E-state index is -2.93. The number of hydroxylamine groups is 1. The van der Waals surface area contributed by atoms with Crippen molar-refractivity contribution in [2.75, 3.05) is 0 Å². The number of nitro groups is 1. The Hall–Kier alpha value is -2.89. The van der Waals surface area contributed by atoms with E-state index in [1.807, 2.05) is 20.8 Å². The van der Waals surface area contributed by atoms with Gasteiger partial charge in [0.1, 0.15) is 5.70 Å². The topological polar surface area (TPSA) is 189 Å². The molecule has 1 aromatic heterocycles. The largest absolute Gasteiger partial charge is 0.500 e. The first-order valence-corrected chi connectivity index (χ1v) is 9.83. The van der Waals surface area contributed by atoms with Crippen molar-refractivity contribution in [2.45, 2.75) is 34.1 Å². The molecule has 0 aliphatic heterocycles. The molecular weight excluding hydrogens is 419 g/mol. The molecule has 2 rings (SSSR count). The number of nitro benzene ring substituents is 1. The molecule has 162 valence electrons. The molecule has 0 spiro atoms. The van der Waals surface area contributed by atoms with Gasteiger partial charge in [-0.1, -0.05) is 17.7 Å². The molecule has 2 aromatic rings. The van der Waals surface area contributed by atoms with Crippen LogP contribution in [0.5, 0.6) is 11.5 Å². The first kappa shape index (κ1) is 23.4. The third kappa shape index (κ3) is 4.99. The Bertz CT molecular complexity index is 1020. The van der Waals surface area contributed by atoms with Gasteiger partial charge in [-0.3, -0.25) is 10.1 Å². The van der Waals surface area contributed by atoms with Gasteiger partial charge >= 0.3 is 14.3 Å². The number of quaternary nitrogens is 1. The summed E-state index contributed by atoms with van der Waals surface area (Å²) in [6.45, 7) is 7.42. The molecule has 0 saturated heterocycles. The lowest BCUT2D eigenvalue weighted by Gasteiger charge is -2.09. The second-order valence-corrected chi connectivity index (χ2v) is 7.00. The van der Waals surface area contributed by atoms with Gasteiger partial charge in [0.15, 0.2) is 5.75 Å². The van der Waals surface area contributed by atoms with Crippen molar-refractivity contribution in [3.8, 4) is 23.0 Å². The molecule has 0 bridgehead atoms. The van der Waals surface area contributed by atoms with Crippen molar-refractivity contribution in [3.63, 3.8) is 0 Å². The van der Waals surface area contributed by atoms with Crippen molar-refractivity contribution in [2.24, 2.45) is 0 Å². The Labute approximate surface area is 172 Å². The number of phenolic OH excluding ortho intramolecular Hbond substituents is 1. The Kier molecular flexibility index (Phi) is 7.59. The molecule has 12 nitrogen and oxygen atoms in total. The maximum atomic E-state index is 11.2. The molecule has 0 aliphatic carbocycles. The number of rotatable bonds is 8. The first-order valence-electron chi connectivity index (χ1n) is 8.67. The fourth-order valence-electron chi connectivity index (χ4n) is 2.64. The van der Waals surface area contributed by atoms with E-state index < -0.39 is 30.7 Å². The number of benzene rings is 1. The van der Waals surface area contributed by atoms with E-state index in [0.29, 0.717) is 11.3 Å². The van der Waals surface area contributed by atoms with Crippen LogP contribution in [0, 0.1) is 10.1 Å². The quantitative estimate of drug-likeness (QED) is 0.176. The van der Waals surface area contributed by atoms with Crippen LogP contribution in [-0.2, 0) is 0 Å². The summed E-state index contributed by atoms with van der Waals surface area (Å²) < 4.78 is 9.90. The third-order valence-corrected chi connectivity index (χ3v) is 4.82. The van der Waals surface area contributed by atoms with Crippen LogP contribution in [0.15, 0.2) is 33.5 Å². The fraction of sp³-hybridized carbons (Fsp3) is 0.294. The maximum absolute atomic E-state index is 11.2. The molecule has 0 radical (unpaired) electrons. The normalized spacial score (nSPS) is 13.2. The Morgan fingerprint density at radius 1 is 1.33 bits per heavy atom. The summed E-state index contributed by atoms with van der Waals surface area (Å²) in [5, 5.41) is 34.6. The van der Waals surface area contributed by atoms with E-state index in [9.17, 15) is 20.4 Å². The summed E-state index contributed by atoms with van der Waals surface area (Å²) in [7, 11) is -2.93. The van der Waals surface area contributed by atoms with Gasteiger partial charge in [0.05, 0.1) is 16.1 Å². The number of phenols is 1. The molecule has 0 unspecified atom stereocenters. The zero-order chi connectivity index (χ0) is 22.6. The zero-order valence-corrected chi connectivity index (χ0v) is 17.5. The van der Waals surface area contributed by atoms with Crippen LogP contribution in [0.2, 0.25) is 0 Å². The van der Waals surface area contributed by atoms with Gasteiger partial charge in [-0.15, -0.1) is 0 Å². The number of nitrogens with zero attached hydrogens (tertiary/aromatic N) is 3. The average Bonchev–Trinajstić information content (AvgIpc) is 3.17. The Morgan fingerprint density at radius 3 is 2.53 bits per heavy atom. The van der Waals surface area contributed by atoms with Crippen LogP contribution in [0.4, 0.5) is 5.69 Å². The van der Waals surface area contributed by atoms with E-state index in [1.165, 1.54) is 0 Å². The molecule has 0 aliphatic rings. The van der Waals surface area contributed by atoms with Gasteiger partial charge in [0.25, 0.3) is 5.89 Å². The van der Waals surface area contributed by atoms with Crippen LogP contribution in [-0.4, -0.2) is 35.2 Å². The second kappa shape index (κ2) is 9.74. The lowest BCUT2D eigenvalue weighted by Crippen LogP contribution is -2.78. The lowest BCUT2D eigenvalue weighted by atomic mass is 9.99. The molecule has 6 N–H and O–H groups in total. The van der Waals surface area contributed by atoms with Gasteiger partial charge in [-0.25, -0.2) is 5.21 Å². The Balaban J connectivity index is 2.64. The van der Waals surface area contributed by atoms with Gasteiger partial charge in [-0.2, -0.15) is 10.5 Å². The molecule has 0 fully saturated rings. The van der Waals surface area contributed by atoms with Crippen molar-refractivity contribution in [1.29, 1.82) is 0 Å². The Morgan fingerprint density at radius 2 is 2.00 bits per heavy atom. The number of aromatic hydroxyl groups is 1. The highest BCUT2D eigenvalue weighted by Gasteiger charge is 2.26. The molecule has 0 atom stereocenters. The number of nitrogens with two attached hydrogens (primary N) is 1. The SMILES string of the molecule is CC/C(C)=C(C)\C(=C(\C)[NH2+]O)c1noc(-c2cc(OP(O)O)c(O)c([N+](=O)[O-])c2)n1. The zero-order valence-electron chi connectivity index (χ0n) is 16.6. The average molecular weight is 441 g/mol. The summed E-state index contributed by atoms with van der Waals surface area (Å²) in [6, 6.07) is 2.10. The second-order valence-electron chi connectivity index (χ2n) is 6.31. The molecule has 0 amide bonds.